The molecule has 36 heavy (non-hydrogen) atoms. The summed E-state index contributed by atoms with van der Waals surface area (Å²) in [6.45, 7) is 9.91. The van der Waals surface area contributed by atoms with Gasteiger partial charge in [-0.3, -0.25) is 9.59 Å². The summed E-state index contributed by atoms with van der Waals surface area (Å²) >= 11 is 1.92. The Balaban J connectivity index is 0.00000148. The van der Waals surface area contributed by atoms with Crippen LogP contribution in [0.1, 0.15) is 53.4 Å². The normalized spacial score (nSPS) is 15.1. The number of benzene rings is 2. The summed E-state index contributed by atoms with van der Waals surface area (Å²) in [7, 11) is 0. The highest BCUT2D eigenvalue weighted by Crippen LogP contribution is 2.38. The van der Waals surface area contributed by atoms with Crippen molar-refractivity contribution in [3.05, 3.63) is 64.2 Å². The number of nitrogens with zero attached hydrogens (tertiary/aromatic N) is 3. The van der Waals surface area contributed by atoms with Gasteiger partial charge in [0, 0.05) is 67.1 Å². The van der Waals surface area contributed by atoms with Crippen molar-refractivity contribution in [1.29, 1.82) is 5.41 Å². The van der Waals surface area contributed by atoms with E-state index in [1.54, 1.807) is 11.8 Å². The summed E-state index contributed by atoms with van der Waals surface area (Å²) in [6, 6.07) is 11.9. The first-order chi connectivity index (χ1) is 17.5. The molecule has 5 rings (SSSR count). The Morgan fingerprint density at radius 2 is 1.64 bits per heavy atom. The van der Waals surface area contributed by atoms with Crippen molar-refractivity contribution in [2.24, 2.45) is 0 Å². The Labute approximate surface area is 217 Å². The third kappa shape index (κ3) is 4.89. The van der Waals surface area contributed by atoms with Gasteiger partial charge in [0.05, 0.1) is 11.2 Å². The van der Waals surface area contributed by atoms with Gasteiger partial charge in [-0.15, -0.1) is 0 Å². The fourth-order valence-corrected chi connectivity index (χ4v) is 5.99. The van der Waals surface area contributed by atoms with Gasteiger partial charge < -0.3 is 15.2 Å². The van der Waals surface area contributed by atoms with Gasteiger partial charge in [0.15, 0.2) is 0 Å². The van der Waals surface area contributed by atoms with Crippen LogP contribution >= 0.6 is 11.8 Å². The predicted molar refractivity (Wildman–Crippen MR) is 149 cm³/mol. The van der Waals surface area contributed by atoms with E-state index in [2.05, 4.69) is 6.07 Å². The molecule has 0 aliphatic carbocycles. The average Bonchev–Trinajstić information content (AvgIpc) is 2.93. The standard InChI is InChI=1S/C27H28N4O2S.C2H6/c1-17-3-8-24-25(22(17)15-28)21-9-14-34-16-23(21)26(29-24)19-4-6-20(7-5-19)27(33)31-12-10-30(11-13-31)18(2)32;1-2/h3-8,15,28H,9-14,16H2,1-2H3;1-2H3. The van der Waals surface area contributed by atoms with Crippen LogP contribution in [-0.2, 0) is 17.0 Å². The topological polar surface area (TPSA) is 77.4 Å². The Morgan fingerprint density at radius 1 is 0.972 bits per heavy atom. The van der Waals surface area contributed by atoms with Crippen molar-refractivity contribution in [3.63, 3.8) is 0 Å². The van der Waals surface area contributed by atoms with Gasteiger partial charge in [0.2, 0.25) is 5.91 Å². The second kappa shape index (κ2) is 11.2. The van der Waals surface area contributed by atoms with Crippen LogP contribution < -0.4 is 0 Å². The first-order valence-corrected chi connectivity index (χ1v) is 13.8. The van der Waals surface area contributed by atoms with Gasteiger partial charge in [-0.05, 0) is 54.0 Å². The second-order valence-corrected chi connectivity index (χ2v) is 10.0. The summed E-state index contributed by atoms with van der Waals surface area (Å²) in [5.41, 5.74) is 8.19. The van der Waals surface area contributed by atoms with Crippen LogP contribution in [0.5, 0.6) is 0 Å². The quantitative estimate of drug-likeness (QED) is 0.491. The fraction of sp³-hybridized carbons (Fsp3) is 0.379. The maximum Gasteiger partial charge on any atom is 0.253 e. The van der Waals surface area contributed by atoms with E-state index >= 15 is 0 Å². The molecule has 188 valence electrons. The smallest absolute Gasteiger partial charge is 0.253 e. The molecule has 7 heteroatoms. The highest BCUT2D eigenvalue weighted by Gasteiger charge is 2.24. The largest absolute Gasteiger partial charge is 0.339 e. The van der Waals surface area contributed by atoms with Crippen molar-refractivity contribution in [2.45, 2.75) is 39.9 Å². The molecule has 0 saturated carbocycles. The number of amides is 2. The van der Waals surface area contributed by atoms with Gasteiger partial charge in [-0.2, -0.15) is 11.8 Å². The Kier molecular flexibility index (Phi) is 8.09. The zero-order valence-electron chi connectivity index (χ0n) is 21.6. The van der Waals surface area contributed by atoms with Crippen molar-refractivity contribution in [1.82, 2.24) is 14.8 Å². The molecule has 3 aromatic rings. The fourth-order valence-electron chi connectivity index (χ4n) is 4.99. The molecule has 0 bridgehead atoms. The Morgan fingerprint density at radius 3 is 2.28 bits per heavy atom. The lowest BCUT2D eigenvalue weighted by atomic mass is 9.91. The molecule has 0 unspecified atom stereocenters. The van der Waals surface area contributed by atoms with E-state index in [1.165, 1.54) is 17.3 Å². The summed E-state index contributed by atoms with van der Waals surface area (Å²) in [6.07, 6.45) is 2.43. The van der Waals surface area contributed by atoms with E-state index in [9.17, 15) is 9.59 Å². The molecule has 2 aromatic carbocycles. The minimum atomic E-state index is 0.00454. The van der Waals surface area contributed by atoms with Gasteiger partial charge in [0.1, 0.15) is 0 Å². The molecular weight excluding hydrogens is 468 g/mol. The Bertz CT molecular complexity index is 1300. The number of aryl methyl sites for hydroxylation is 2. The lowest BCUT2D eigenvalue weighted by Gasteiger charge is -2.34. The second-order valence-electron chi connectivity index (χ2n) is 8.93. The van der Waals surface area contributed by atoms with Crippen LogP contribution in [0, 0.1) is 12.3 Å². The number of piperazine rings is 1. The lowest BCUT2D eigenvalue weighted by Crippen LogP contribution is -2.50. The molecule has 2 aliphatic heterocycles. The van der Waals surface area contributed by atoms with Gasteiger partial charge in [0.25, 0.3) is 5.91 Å². The lowest BCUT2D eigenvalue weighted by molar-refractivity contribution is -0.130. The van der Waals surface area contributed by atoms with Gasteiger partial charge in [-0.1, -0.05) is 32.0 Å². The summed E-state index contributed by atoms with van der Waals surface area (Å²) in [5, 5.41) is 9.08. The van der Waals surface area contributed by atoms with Gasteiger partial charge in [-0.25, -0.2) is 4.98 Å². The zero-order chi connectivity index (χ0) is 25.8. The van der Waals surface area contributed by atoms with Crippen LogP contribution in [0.3, 0.4) is 0 Å². The number of aromatic nitrogens is 1. The molecule has 2 aliphatic rings. The number of hydrogen-bond acceptors (Lipinski definition) is 5. The van der Waals surface area contributed by atoms with Gasteiger partial charge >= 0.3 is 0 Å². The van der Waals surface area contributed by atoms with Crippen LogP contribution in [0.25, 0.3) is 22.2 Å². The summed E-state index contributed by atoms with van der Waals surface area (Å²) in [4.78, 5) is 33.2. The van der Waals surface area contributed by atoms with Crippen molar-refractivity contribution in [3.8, 4) is 11.3 Å². The summed E-state index contributed by atoms with van der Waals surface area (Å²) < 4.78 is 0. The van der Waals surface area contributed by atoms with Crippen LogP contribution in [0.4, 0.5) is 0 Å². The maximum absolute atomic E-state index is 13.0. The molecule has 1 aromatic heterocycles. The molecule has 0 radical (unpaired) electrons. The predicted octanol–water partition coefficient (Wildman–Crippen LogP) is 5.33. The van der Waals surface area contributed by atoms with E-state index in [1.807, 2.05) is 67.8 Å². The van der Waals surface area contributed by atoms with E-state index in [-0.39, 0.29) is 11.8 Å². The minimum Gasteiger partial charge on any atom is -0.339 e. The third-order valence-electron chi connectivity index (χ3n) is 6.93. The molecule has 0 atom stereocenters. The summed E-state index contributed by atoms with van der Waals surface area (Å²) in [5.74, 6) is 2.04. The number of hydrogen-bond donors (Lipinski definition) is 1. The highest BCUT2D eigenvalue weighted by atomic mass is 32.2. The van der Waals surface area contributed by atoms with E-state index in [0.717, 1.165) is 51.2 Å². The number of carbonyl (C=O) groups excluding carboxylic acids is 2. The monoisotopic (exact) mass is 502 g/mol. The number of thioether (sulfide) groups is 1. The van der Waals surface area contributed by atoms with Crippen molar-refractivity contribution < 1.29 is 9.59 Å². The molecular formula is C29H34N4O2S. The number of carbonyl (C=O) groups is 2. The van der Waals surface area contributed by atoms with E-state index in [4.69, 9.17) is 10.4 Å². The van der Waals surface area contributed by atoms with Crippen LogP contribution in [0.2, 0.25) is 0 Å². The average molecular weight is 503 g/mol. The molecule has 3 heterocycles. The number of pyridine rings is 1. The number of fused-ring (bicyclic) bond motifs is 3. The SMILES string of the molecule is CC.CC(=O)N1CCN(C(=O)c2ccc(-c3nc4ccc(C)c(C=N)c4c4c3CSCC4)cc2)CC1. The molecule has 1 N–H and O–H groups in total. The van der Waals surface area contributed by atoms with E-state index < -0.39 is 0 Å². The van der Waals surface area contributed by atoms with Crippen LogP contribution in [-0.4, -0.2) is 64.7 Å². The maximum atomic E-state index is 13.0. The van der Waals surface area contributed by atoms with Crippen molar-refractivity contribution >= 4 is 40.7 Å². The first kappa shape index (κ1) is 25.9. The molecule has 1 saturated heterocycles. The molecule has 6 nitrogen and oxygen atoms in total. The zero-order valence-corrected chi connectivity index (χ0v) is 22.4. The number of nitrogens with one attached hydrogen (secondary N) is 1. The molecule has 1 fully saturated rings. The minimum absolute atomic E-state index is 0.00454. The van der Waals surface area contributed by atoms with E-state index in [0.29, 0.717) is 31.7 Å². The number of rotatable bonds is 3. The first-order valence-electron chi connectivity index (χ1n) is 12.7. The van der Waals surface area contributed by atoms with Crippen LogP contribution in [0.15, 0.2) is 36.4 Å². The van der Waals surface area contributed by atoms with Crippen molar-refractivity contribution in [2.75, 3.05) is 31.9 Å². The molecule has 2 amide bonds. The molecule has 0 spiro atoms. The highest BCUT2D eigenvalue weighted by molar-refractivity contribution is 7.98. The Hall–Kier alpha value is -3.19. The third-order valence-corrected chi connectivity index (χ3v) is 7.92.